The molecule has 0 unspecified atom stereocenters. The molecule has 0 spiro atoms. The lowest BCUT2D eigenvalue weighted by Gasteiger charge is -2.09. The van der Waals surface area contributed by atoms with E-state index in [9.17, 15) is 0 Å². The molecule has 0 saturated heterocycles. The summed E-state index contributed by atoms with van der Waals surface area (Å²) in [7, 11) is 0. The summed E-state index contributed by atoms with van der Waals surface area (Å²) in [5, 5.41) is 0.796. The highest BCUT2D eigenvalue weighted by atomic mass is 35.5. The van der Waals surface area contributed by atoms with Crippen LogP contribution in [0.2, 0.25) is 5.02 Å². The molecule has 0 nitrogen and oxygen atoms in total. The summed E-state index contributed by atoms with van der Waals surface area (Å²) in [6, 6.07) is 14.4. The van der Waals surface area contributed by atoms with Gasteiger partial charge in [0, 0.05) is 5.02 Å². The molecule has 0 aliphatic rings. The van der Waals surface area contributed by atoms with Gasteiger partial charge in [0.05, 0.1) is 0 Å². The molecular formula is C14H13Cl. The number of hydrogen-bond acceptors (Lipinski definition) is 0. The fraction of sp³-hybridized carbons (Fsp3) is 0.143. The largest absolute Gasteiger partial charge is 0.0843 e. The van der Waals surface area contributed by atoms with Crippen molar-refractivity contribution in [3.05, 3.63) is 58.6 Å². The number of halogens is 1. The van der Waals surface area contributed by atoms with Crippen molar-refractivity contribution in [3.8, 4) is 11.1 Å². The van der Waals surface area contributed by atoms with Crippen LogP contribution >= 0.6 is 11.6 Å². The average molecular weight is 217 g/mol. The van der Waals surface area contributed by atoms with Crippen LogP contribution in [0.1, 0.15) is 11.1 Å². The van der Waals surface area contributed by atoms with Crippen molar-refractivity contribution < 1.29 is 0 Å². The lowest BCUT2D eigenvalue weighted by atomic mass is 9.97. The van der Waals surface area contributed by atoms with Crippen LogP contribution in [-0.4, -0.2) is 0 Å². The van der Waals surface area contributed by atoms with Crippen molar-refractivity contribution >= 4 is 11.6 Å². The van der Waals surface area contributed by atoms with Gasteiger partial charge in [0.1, 0.15) is 0 Å². The second-order valence-electron chi connectivity index (χ2n) is 3.77. The molecule has 15 heavy (non-hydrogen) atoms. The molecule has 0 heterocycles. The summed E-state index contributed by atoms with van der Waals surface area (Å²) in [5.41, 5.74) is 5.06. The molecule has 0 amide bonds. The standard InChI is InChI=1S/C14H13Cl/c1-10-5-3-4-6-13(10)14-8-7-12(15)9-11(14)2/h3-9H,1-2H3. The van der Waals surface area contributed by atoms with Crippen molar-refractivity contribution in [3.63, 3.8) is 0 Å². The van der Waals surface area contributed by atoms with Crippen molar-refractivity contribution in [1.29, 1.82) is 0 Å². The minimum Gasteiger partial charge on any atom is -0.0843 e. The topological polar surface area (TPSA) is 0 Å². The molecule has 0 aliphatic carbocycles. The molecule has 0 aliphatic heterocycles. The lowest BCUT2D eigenvalue weighted by molar-refractivity contribution is 1.41. The fourth-order valence-electron chi connectivity index (χ4n) is 1.80. The zero-order chi connectivity index (χ0) is 10.8. The van der Waals surface area contributed by atoms with E-state index < -0.39 is 0 Å². The Morgan fingerprint density at radius 1 is 0.800 bits per heavy atom. The Balaban J connectivity index is 2.60. The summed E-state index contributed by atoms with van der Waals surface area (Å²) in [6.07, 6.45) is 0. The van der Waals surface area contributed by atoms with Gasteiger partial charge in [0.15, 0.2) is 0 Å². The molecule has 0 aromatic heterocycles. The Kier molecular flexibility index (Phi) is 2.79. The van der Waals surface area contributed by atoms with Crippen LogP contribution in [-0.2, 0) is 0 Å². The summed E-state index contributed by atoms with van der Waals surface area (Å²) >= 11 is 5.94. The van der Waals surface area contributed by atoms with Crippen LogP contribution in [0.15, 0.2) is 42.5 Å². The number of aryl methyl sites for hydroxylation is 2. The third kappa shape index (κ3) is 2.05. The molecule has 2 aromatic rings. The van der Waals surface area contributed by atoms with Gasteiger partial charge in [-0.3, -0.25) is 0 Å². The normalized spacial score (nSPS) is 10.3. The maximum Gasteiger partial charge on any atom is 0.0409 e. The zero-order valence-electron chi connectivity index (χ0n) is 8.92. The highest BCUT2D eigenvalue weighted by Crippen LogP contribution is 2.28. The predicted octanol–water partition coefficient (Wildman–Crippen LogP) is 4.62. The van der Waals surface area contributed by atoms with Crippen LogP contribution in [0.25, 0.3) is 11.1 Å². The van der Waals surface area contributed by atoms with Gasteiger partial charge in [0.25, 0.3) is 0 Å². The lowest BCUT2D eigenvalue weighted by Crippen LogP contribution is -1.86. The van der Waals surface area contributed by atoms with Crippen molar-refractivity contribution in [2.24, 2.45) is 0 Å². The van der Waals surface area contributed by atoms with Crippen molar-refractivity contribution in [2.75, 3.05) is 0 Å². The highest BCUT2D eigenvalue weighted by Gasteiger charge is 2.04. The summed E-state index contributed by atoms with van der Waals surface area (Å²) in [5.74, 6) is 0. The van der Waals surface area contributed by atoms with Crippen LogP contribution in [0.3, 0.4) is 0 Å². The van der Waals surface area contributed by atoms with Gasteiger partial charge in [-0.05, 0) is 48.2 Å². The quantitative estimate of drug-likeness (QED) is 0.652. The molecule has 76 valence electrons. The molecule has 0 saturated carbocycles. The minimum absolute atomic E-state index is 0.796. The Labute approximate surface area is 95.5 Å². The van der Waals surface area contributed by atoms with E-state index in [2.05, 4.69) is 44.2 Å². The molecule has 2 rings (SSSR count). The number of hydrogen-bond donors (Lipinski definition) is 0. The first-order valence-corrected chi connectivity index (χ1v) is 5.38. The van der Waals surface area contributed by atoms with Crippen LogP contribution in [0, 0.1) is 13.8 Å². The molecule has 2 aromatic carbocycles. The van der Waals surface area contributed by atoms with Gasteiger partial charge in [-0.1, -0.05) is 41.9 Å². The SMILES string of the molecule is Cc1ccccc1-c1ccc(Cl)cc1C. The number of benzene rings is 2. The average Bonchev–Trinajstić information content (AvgIpc) is 2.20. The third-order valence-electron chi connectivity index (χ3n) is 2.62. The van der Waals surface area contributed by atoms with E-state index in [0.29, 0.717) is 0 Å². The monoisotopic (exact) mass is 216 g/mol. The molecule has 0 fully saturated rings. The Morgan fingerprint density at radius 3 is 2.13 bits per heavy atom. The first-order valence-electron chi connectivity index (χ1n) is 5.00. The maximum atomic E-state index is 5.94. The molecule has 0 radical (unpaired) electrons. The molecular weight excluding hydrogens is 204 g/mol. The van der Waals surface area contributed by atoms with Gasteiger partial charge in [-0.15, -0.1) is 0 Å². The van der Waals surface area contributed by atoms with E-state index in [1.807, 2.05) is 12.1 Å². The molecule has 0 N–H and O–H groups in total. The van der Waals surface area contributed by atoms with Gasteiger partial charge in [-0.2, -0.15) is 0 Å². The van der Waals surface area contributed by atoms with Crippen LogP contribution < -0.4 is 0 Å². The van der Waals surface area contributed by atoms with Gasteiger partial charge >= 0.3 is 0 Å². The Hall–Kier alpha value is -1.27. The Bertz CT molecular complexity index is 486. The van der Waals surface area contributed by atoms with E-state index in [1.165, 1.54) is 22.3 Å². The fourth-order valence-corrected chi connectivity index (χ4v) is 2.03. The van der Waals surface area contributed by atoms with Crippen LogP contribution in [0.4, 0.5) is 0 Å². The van der Waals surface area contributed by atoms with E-state index in [1.54, 1.807) is 0 Å². The predicted molar refractivity (Wildman–Crippen MR) is 66.4 cm³/mol. The van der Waals surface area contributed by atoms with Crippen molar-refractivity contribution in [2.45, 2.75) is 13.8 Å². The van der Waals surface area contributed by atoms with E-state index in [0.717, 1.165) is 5.02 Å². The first-order chi connectivity index (χ1) is 7.18. The zero-order valence-corrected chi connectivity index (χ0v) is 9.68. The van der Waals surface area contributed by atoms with E-state index >= 15 is 0 Å². The maximum absolute atomic E-state index is 5.94. The molecule has 0 atom stereocenters. The number of rotatable bonds is 1. The molecule has 0 bridgehead atoms. The van der Waals surface area contributed by atoms with E-state index in [-0.39, 0.29) is 0 Å². The van der Waals surface area contributed by atoms with E-state index in [4.69, 9.17) is 11.6 Å². The van der Waals surface area contributed by atoms with Gasteiger partial charge in [-0.25, -0.2) is 0 Å². The van der Waals surface area contributed by atoms with Crippen molar-refractivity contribution in [1.82, 2.24) is 0 Å². The third-order valence-corrected chi connectivity index (χ3v) is 2.86. The molecule has 1 heteroatoms. The summed E-state index contributed by atoms with van der Waals surface area (Å²) in [6.45, 7) is 4.22. The second kappa shape index (κ2) is 4.08. The Morgan fingerprint density at radius 2 is 1.47 bits per heavy atom. The van der Waals surface area contributed by atoms with Crippen LogP contribution in [0.5, 0.6) is 0 Å². The highest BCUT2D eigenvalue weighted by molar-refractivity contribution is 6.30. The minimum atomic E-state index is 0.796. The van der Waals surface area contributed by atoms with Gasteiger partial charge in [0.2, 0.25) is 0 Å². The second-order valence-corrected chi connectivity index (χ2v) is 4.21. The first kappa shape index (κ1) is 10.3. The van der Waals surface area contributed by atoms with Gasteiger partial charge < -0.3 is 0 Å². The summed E-state index contributed by atoms with van der Waals surface area (Å²) < 4.78 is 0. The summed E-state index contributed by atoms with van der Waals surface area (Å²) in [4.78, 5) is 0. The smallest absolute Gasteiger partial charge is 0.0409 e.